The third kappa shape index (κ3) is 4.00. The molecular weight excluding hydrogens is 375 g/mol. The summed E-state index contributed by atoms with van der Waals surface area (Å²) >= 11 is 1.50. The smallest absolute Gasteiger partial charge is 0.253 e. The van der Waals surface area contributed by atoms with Gasteiger partial charge in [0.05, 0.1) is 10.2 Å². The number of amides is 1. The minimum absolute atomic E-state index is 0.0756. The summed E-state index contributed by atoms with van der Waals surface area (Å²) in [7, 11) is 4.04. The lowest BCUT2D eigenvalue weighted by Crippen LogP contribution is -2.48. The Balaban J connectivity index is 1.42. The molecule has 3 aromatic rings. The molecule has 0 atom stereocenters. The van der Waals surface area contributed by atoms with Gasteiger partial charge >= 0.3 is 0 Å². The number of hydrogen-bond acceptors (Lipinski definition) is 5. The molecule has 1 aromatic heterocycles. The van der Waals surface area contributed by atoms with E-state index in [1.54, 1.807) is 6.07 Å². The number of rotatable bonds is 4. The van der Waals surface area contributed by atoms with Crippen LogP contribution in [0.25, 0.3) is 10.2 Å². The van der Waals surface area contributed by atoms with Gasteiger partial charge in [0, 0.05) is 38.3 Å². The van der Waals surface area contributed by atoms with Crippen LogP contribution in [-0.2, 0) is 6.54 Å². The fraction of sp³-hybridized carbons (Fsp3) is 0.333. The number of fused-ring (bicyclic) bond motifs is 1. The van der Waals surface area contributed by atoms with Crippen LogP contribution < -0.4 is 4.90 Å². The number of carbonyl (C=O) groups is 1. The van der Waals surface area contributed by atoms with Crippen LogP contribution in [0.2, 0.25) is 0 Å². The Hall–Kier alpha value is -2.51. The van der Waals surface area contributed by atoms with E-state index in [2.05, 4.69) is 14.8 Å². The summed E-state index contributed by atoms with van der Waals surface area (Å²) in [6.07, 6.45) is 0. The van der Waals surface area contributed by atoms with E-state index in [1.165, 1.54) is 23.5 Å². The summed E-state index contributed by atoms with van der Waals surface area (Å²) < 4.78 is 14.3. The topological polar surface area (TPSA) is 39.7 Å². The van der Waals surface area contributed by atoms with Crippen LogP contribution in [0.3, 0.4) is 0 Å². The molecule has 1 aliphatic heterocycles. The lowest BCUT2D eigenvalue weighted by Gasteiger charge is -2.34. The third-order valence-electron chi connectivity index (χ3n) is 4.85. The van der Waals surface area contributed by atoms with Gasteiger partial charge in [-0.25, -0.2) is 9.37 Å². The van der Waals surface area contributed by atoms with E-state index in [-0.39, 0.29) is 11.7 Å². The highest BCUT2D eigenvalue weighted by atomic mass is 32.1. The third-order valence-corrected chi connectivity index (χ3v) is 5.93. The normalized spacial score (nSPS) is 14.9. The van der Waals surface area contributed by atoms with Crippen molar-refractivity contribution in [2.24, 2.45) is 0 Å². The van der Waals surface area contributed by atoms with Gasteiger partial charge < -0.3 is 14.7 Å². The number of halogens is 1. The number of hydrogen-bond donors (Lipinski definition) is 0. The Morgan fingerprint density at radius 3 is 2.68 bits per heavy atom. The molecule has 1 aliphatic rings. The molecule has 0 radical (unpaired) electrons. The summed E-state index contributed by atoms with van der Waals surface area (Å²) in [5.41, 5.74) is 2.69. The Labute approximate surface area is 168 Å². The van der Waals surface area contributed by atoms with Gasteiger partial charge in [0.1, 0.15) is 5.82 Å². The van der Waals surface area contributed by atoms with Gasteiger partial charge in [0.2, 0.25) is 0 Å². The zero-order valence-electron chi connectivity index (χ0n) is 16.1. The van der Waals surface area contributed by atoms with Crippen molar-refractivity contribution in [2.45, 2.75) is 6.54 Å². The van der Waals surface area contributed by atoms with Gasteiger partial charge in [-0.05, 0) is 50.0 Å². The van der Waals surface area contributed by atoms with Crippen LogP contribution in [0.15, 0.2) is 42.5 Å². The standard InChI is InChI=1S/C21H23FN4OS/c1-24(2)14-15-4-3-5-16(12-15)20(27)25-8-10-26(11-9-25)21-23-18-7-6-17(22)13-19(18)28-21/h3-7,12-13H,8-11,14H2,1-2H3. The summed E-state index contributed by atoms with van der Waals surface area (Å²) in [4.78, 5) is 23.7. The molecule has 1 saturated heterocycles. The highest BCUT2D eigenvalue weighted by molar-refractivity contribution is 7.22. The molecule has 0 N–H and O–H groups in total. The maximum atomic E-state index is 13.4. The minimum Gasteiger partial charge on any atom is -0.345 e. The molecule has 1 fully saturated rings. The highest BCUT2D eigenvalue weighted by Crippen LogP contribution is 2.30. The van der Waals surface area contributed by atoms with E-state index in [9.17, 15) is 9.18 Å². The Bertz CT molecular complexity index is 995. The number of anilines is 1. The SMILES string of the molecule is CN(C)Cc1cccc(C(=O)N2CCN(c3nc4ccc(F)cc4s3)CC2)c1. The maximum absolute atomic E-state index is 13.4. The second-order valence-corrected chi connectivity index (χ2v) is 8.33. The molecular formula is C21H23FN4OS. The van der Waals surface area contributed by atoms with Crippen LogP contribution >= 0.6 is 11.3 Å². The van der Waals surface area contributed by atoms with E-state index in [4.69, 9.17) is 0 Å². The van der Waals surface area contributed by atoms with Crippen LogP contribution in [-0.4, -0.2) is 61.0 Å². The molecule has 7 heteroatoms. The summed E-state index contributed by atoms with van der Waals surface area (Å²) in [6, 6.07) is 12.5. The molecule has 0 bridgehead atoms. The van der Waals surface area contributed by atoms with Gasteiger partial charge in [-0.1, -0.05) is 23.5 Å². The summed E-state index contributed by atoms with van der Waals surface area (Å²) in [5, 5.41) is 0.890. The van der Waals surface area contributed by atoms with Crippen molar-refractivity contribution >= 4 is 32.6 Å². The molecule has 146 valence electrons. The Morgan fingerprint density at radius 1 is 1.14 bits per heavy atom. The van der Waals surface area contributed by atoms with Gasteiger partial charge in [-0.2, -0.15) is 0 Å². The van der Waals surface area contributed by atoms with Crippen LogP contribution in [0, 0.1) is 5.82 Å². The van der Waals surface area contributed by atoms with Crippen molar-refractivity contribution in [1.29, 1.82) is 0 Å². The molecule has 28 heavy (non-hydrogen) atoms. The van der Waals surface area contributed by atoms with E-state index in [0.29, 0.717) is 13.1 Å². The summed E-state index contributed by atoms with van der Waals surface area (Å²) in [6.45, 7) is 3.58. The molecule has 2 aromatic carbocycles. The lowest BCUT2D eigenvalue weighted by atomic mass is 10.1. The van der Waals surface area contributed by atoms with Gasteiger partial charge in [-0.15, -0.1) is 0 Å². The van der Waals surface area contributed by atoms with Gasteiger partial charge in [0.15, 0.2) is 5.13 Å². The van der Waals surface area contributed by atoms with Crippen molar-refractivity contribution in [3.05, 3.63) is 59.4 Å². The first-order valence-electron chi connectivity index (χ1n) is 9.33. The zero-order valence-corrected chi connectivity index (χ0v) is 16.9. The maximum Gasteiger partial charge on any atom is 0.253 e. The lowest BCUT2D eigenvalue weighted by molar-refractivity contribution is 0.0746. The van der Waals surface area contributed by atoms with Crippen molar-refractivity contribution in [3.63, 3.8) is 0 Å². The first kappa shape index (κ1) is 18.8. The van der Waals surface area contributed by atoms with Crippen molar-refractivity contribution in [3.8, 4) is 0 Å². The first-order chi connectivity index (χ1) is 13.5. The molecule has 5 nitrogen and oxygen atoms in total. The molecule has 0 unspecified atom stereocenters. The van der Waals surface area contributed by atoms with Gasteiger partial charge in [0.25, 0.3) is 5.91 Å². The number of carbonyl (C=O) groups excluding carboxylic acids is 1. The number of nitrogens with zero attached hydrogens (tertiary/aromatic N) is 4. The van der Waals surface area contributed by atoms with E-state index >= 15 is 0 Å². The van der Waals surface area contributed by atoms with Crippen molar-refractivity contribution in [1.82, 2.24) is 14.8 Å². The molecule has 0 spiro atoms. The number of aromatic nitrogens is 1. The molecule has 4 rings (SSSR count). The van der Waals surface area contributed by atoms with E-state index in [0.717, 1.165) is 46.1 Å². The number of thiazole rings is 1. The second-order valence-electron chi connectivity index (χ2n) is 7.33. The van der Waals surface area contributed by atoms with E-state index < -0.39 is 0 Å². The predicted octanol–water partition coefficient (Wildman–Crippen LogP) is 3.46. The first-order valence-corrected chi connectivity index (χ1v) is 10.2. The van der Waals surface area contributed by atoms with E-state index in [1.807, 2.05) is 43.3 Å². The highest BCUT2D eigenvalue weighted by Gasteiger charge is 2.24. The largest absolute Gasteiger partial charge is 0.345 e. The monoisotopic (exact) mass is 398 g/mol. The fourth-order valence-electron chi connectivity index (χ4n) is 3.47. The number of piperazine rings is 1. The fourth-order valence-corrected chi connectivity index (χ4v) is 4.51. The van der Waals surface area contributed by atoms with Crippen molar-refractivity contribution < 1.29 is 9.18 Å². The summed E-state index contributed by atoms with van der Waals surface area (Å²) in [5.74, 6) is -0.166. The van der Waals surface area contributed by atoms with Crippen LogP contribution in [0.5, 0.6) is 0 Å². The molecule has 0 aliphatic carbocycles. The average molecular weight is 399 g/mol. The van der Waals surface area contributed by atoms with Gasteiger partial charge in [-0.3, -0.25) is 4.79 Å². The Kier molecular flexibility index (Phi) is 5.28. The van der Waals surface area contributed by atoms with Crippen LogP contribution in [0.4, 0.5) is 9.52 Å². The minimum atomic E-state index is -0.241. The Morgan fingerprint density at radius 2 is 1.93 bits per heavy atom. The molecule has 1 amide bonds. The number of benzene rings is 2. The van der Waals surface area contributed by atoms with Crippen LogP contribution in [0.1, 0.15) is 15.9 Å². The van der Waals surface area contributed by atoms with Crippen molar-refractivity contribution in [2.75, 3.05) is 45.2 Å². The zero-order chi connectivity index (χ0) is 19.7. The second kappa shape index (κ2) is 7.85. The average Bonchev–Trinajstić information content (AvgIpc) is 3.10. The predicted molar refractivity (Wildman–Crippen MR) is 112 cm³/mol. The molecule has 0 saturated carbocycles. The molecule has 2 heterocycles. The quantitative estimate of drug-likeness (QED) is 0.675.